The molecule has 0 aliphatic rings. The van der Waals surface area contributed by atoms with Crippen LogP contribution >= 0.6 is 0 Å². The molecule has 0 amide bonds. The number of aliphatic hydroxyl groups excluding tert-OH is 1. The normalized spacial score (nSPS) is 12.6. The van der Waals surface area contributed by atoms with Gasteiger partial charge in [0.05, 0.1) is 12.6 Å². The molecule has 0 bridgehead atoms. The lowest BCUT2D eigenvalue weighted by Crippen LogP contribution is -2.31. The molecule has 0 saturated heterocycles. The number of nitrogens with zero attached hydrogens (tertiary/aromatic N) is 2. The zero-order valence-electron chi connectivity index (χ0n) is 13.4. The Labute approximate surface area is 135 Å². The molecule has 122 valence electrons. The smallest absolute Gasteiger partial charge is 0.203 e. The highest BCUT2D eigenvalue weighted by Crippen LogP contribution is 2.18. The highest BCUT2D eigenvalue weighted by Gasteiger charge is 2.17. The summed E-state index contributed by atoms with van der Waals surface area (Å²) in [5, 5.41) is 19.2. The van der Waals surface area contributed by atoms with Gasteiger partial charge in [-0.3, -0.25) is 4.90 Å². The van der Waals surface area contributed by atoms with Crippen molar-refractivity contribution in [2.75, 3.05) is 13.1 Å². The SMILES string of the molecule is CC(C)CN(Cc1ccc(C#N)o1)CC(O)c1ccc(F)cc1. The van der Waals surface area contributed by atoms with E-state index in [0.717, 1.165) is 6.54 Å². The molecule has 0 aliphatic heterocycles. The molecule has 1 aromatic heterocycles. The first-order valence-electron chi connectivity index (χ1n) is 7.62. The third-order valence-corrected chi connectivity index (χ3v) is 3.46. The molecule has 1 aromatic carbocycles. The number of rotatable bonds is 7. The second kappa shape index (κ2) is 7.91. The van der Waals surface area contributed by atoms with Crippen LogP contribution in [0, 0.1) is 23.1 Å². The molecule has 0 aliphatic carbocycles. The van der Waals surface area contributed by atoms with E-state index in [1.165, 1.54) is 12.1 Å². The van der Waals surface area contributed by atoms with E-state index in [9.17, 15) is 9.50 Å². The summed E-state index contributed by atoms with van der Waals surface area (Å²) < 4.78 is 18.4. The number of nitriles is 1. The van der Waals surface area contributed by atoms with E-state index in [4.69, 9.17) is 9.68 Å². The second-order valence-corrected chi connectivity index (χ2v) is 6.03. The predicted molar refractivity (Wildman–Crippen MR) is 84.9 cm³/mol. The average Bonchev–Trinajstić information content (AvgIpc) is 2.94. The van der Waals surface area contributed by atoms with Crippen molar-refractivity contribution in [3.63, 3.8) is 0 Å². The molecular weight excluding hydrogens is 295 g/mol. The largest absolute Gasteiger partial charge is 0.449 e. The van der Waals surface area contributed by atoms with Crippen molar-refractivity contribution in [1.82, 2.24) is 4.90 Å². The van der Waals surface area contributed by atoms with Gasteiger partial charge in [0.1, 0.15) is 17.6 Å². The van der Waals surface area contributed by atoms with Gasteiger partial charge < -0.3 is 9.52 Å². The molecule has 1 N–H and O–H groups in total. The van der Waals surface area contributed by atoms with E-state index in [1.807, 2.05) is 6.07 Å². The Balaban J connectivity index is 2.05. The van der Waals surface area contributed by atoms with Crippen LogP contribution in [0.15, 0.2) is 40.8 Å². The zero-order valence-corrected chi connectivity index (χ0v) is 13.4. The Bertz CT molecular complexity index is 658. The van der Waals surface area contributed by atoms with Crippen LogP contribution in [0.5, 0.6) is 0 Å². The highest BCUT2D eigenvalue weighted by molar-refractivity contribution is 5.20. The van der Waals surface area contributed by atoms with Crippen molar-refractivity contribution >= 4 is 0 Å². The van der Waals surface area contributed by atoms with E-state index >= 15 is 0 Å². The molecule has 1 heterocycles. The maximum atomic E-state index is 13.0. The van der Waals surface area contributed by atoms with E-state index in [0.29, 0.717) is 30.3 Å². The van der Waals surface area contributed by atoms with Crippen molar-refractivity contribution in [1.29, 1.82) is 5.26 Å². The molecule has 2 aromatic rings. The highest BCUT2D eigenvalue weighted by atomic mass is 19.1. The molecular formula is C18H21FN2O2. The summed E-state index contributed by atoms with van der Waals surface area (Å²) in [4.78, 5) is 2.07. The number of furan rings is 1. The average molecular weight is 316 g/mol. The zero-order chi connectivity index (χ0) is 16.8. The molecule has 0 saturated carbocycles. The van der Waals surface area contributed by atoms with Crippen LogP contribution in [-0.4, -0.2) is 23.1 Å². The van der Waals surface area contributed by atoms with Gasteiger partial charge in [-0.25, -0.2) is 4.39 Å². The second-order valence-electron chi connectivity index (χ2n) is 6.03. The Morgan fingerprint density at radius 1 is 1.17 bits per heavy atom. The van der Waals surface area contributed by atoms with Crippen molar-refractivity contribution in [3.05, 3.63) is 59.3 Å². The number of hydrogen-bond donors (Lipinski definition) is 1. The summed E-state index contributed by atoms with van der Waals surface area (Å²) in [6.45, 7) is 5.89. The fourth-order valence-electron chi connectivity index (χ4n) is 2.50. The molecule has 4 nitrogen and oxygen atoms in total. The lowest BCUT2D eigenvalue weighted by atomic mass is 10.1. The van der Waals surface area contributed by atoms with Crippen molar-refractivity contribution < 1.29 is 13.9 Å². The minimum absolute atomic E-state index is 0.281. The number of hydrogen-bond acceptors (Lipinski definition) is 4. The summed E-state index contributed by atoms with van der Waals surface area (Å²) in [5.74, 6) is 1.07. The third kappa shape index (κ3) is 5.20. The van der Waals surface area contributed by atoms with Crippen LogP contribution in [0.1, 0.15) is 37.0 Å². The third-order valence-electron chi connectivity index (χ3n) is 3.46. The van der Waals surface area contributed by atoms with Gasteiger partial charge in [0, 0.05) is 13.1 Å². The summed E-state index contributed by atoms with van der Waals surface area (Å²) >= 11 is 0. The lowest BCUT2D eigenvalue weighted by Gasteiger charge is -2.26. The van der Waals surface area contributed by atoms with Gasteiger partial charge in [-0.15, -0.1) is 0 Å². The maximum absolute atomic E-state index is 13.0. The number of benzene rings is 1. The van der Waals surface area contributed by atoms with Gasteiger partial charge in [-0.2, -0.15) is 5.26 Å². The van der Waals surface area contributed by atoms with Crippen molar-refractivity contribution in [2.45, 2.75) is 26.5 Å². The van der Waals surface area contributed by atoms with Crippen LogP contribution < -0.4 is 0 Å². The Kier molecular flexibility index (Phi) is 5.91. The first kappa shape index (κ1) is 17.2. The molecule has 1 unspecified atom stereocenters. The molecule has 1 atom stereocenters. The van der Waals surface area contributed by atoms with E-state index in [1.54, 1.807) is 24.3 Å². The van der Waals surface area contributed by atoms with Crippen molar-refractivity contribution in [2.24, 2.45) is 5.92 Å². The Morgan fingerprint density at radius 2 is 1.87 bits per heavy atom. The van der Waals surface area contributed by atoms with Crippen molar-refractivity contribution in [3.8, 4) is 6.07 Å². The molecule has 0 spiro atoms. The maximum Gasteiger partial charge on any atom is 0.203 e. The Morgan fingerprint density at radius 3 is 2.43 bits per heavy atom. The van der Waals surface area contributed by atoms with Gasteiger partial charge in [-0.1, -0.05) is 26.0 Å². The minimum Gasteiger partial charge on any atom is -0.449 e. The monoisotopic (exact) mass is 316 g/mol. The minimum atomic E-state index is -0.709. The Hall–Kier alpha value is -2.16. The summed E-state index contributed by atoms with van der Waals surface area (Å²) in [6, 6.07) is 11.2. The van der Waals surface area contributed by atoms with Gasteiger partial charge >= 0.3 is 0 Å². The fourth-order valence-corrected chi connectivity index (χ4v) is 2.50. The van der Waals surface area contributed by atoms with Crippen LogP contribution in [0.3, 0.4) is 0 Å². The van der Waals surface area contributed by atoms with Crippen LogP contribution in [0.4, 0.5) is 4.39 Å². The van der Waals surface area contributed by atoms with Gasteiger partial charge in [0.2, 0.25) is 5.76 Å². The van der Waals surface area contributed by atoms with E-state index in [2.05, 4.69) is 18.7 Å². The molecule has 2 rings (SSSR count). The van der Waals surface area contributed by atoms with Gasteiger partial charge in [-0.05, 0) is 35.7 Å². The first-order valence-corrected chi connectivity index (χ1v) is 7.62. The summed E-state index contributed by atoms with van der Waals surface area (Å²) in [5.41, 5.74) is 0.678. The standard InChI is InChI=1S/C18H21FN2O2/c1-13(2)10-21(11-17-8-7-16(9-20)23-17)12-18(22)14-3-5-15(19)6-4-14/h3-8,13,18,22H,10-12H2,1-2H3. The lowest BCUT2D eigenvalue weighted by molar-refractivity contribution is 0.0973. The molecule has 5 heteroatoms. The fraction of sp³-hybridized carbons (Fsp3) is 0.389. The van der Waals surface area contributed by atoms with Crippen LogP contribution in [-0.2, 0) is 6.54 Å². The van der Waals surface area contributed by atoms with Crippen LogP contribution in [0.2, 0.25) is 0 Å². The predicted octanol–water partition coefficient (Wildman–Crippen LogP) is 3.48. The molecule has 0 fully saturated rings. The quantitative estimate of drug-likeness (QED) is 0.849. The van der Waals surface area contributed by atoms with E-state index < -0.39 is 6.10 Å². The molecule has 0 radical (unpaired) electrons. The van der Waals surface area contributed by atoms with Gasteiger partial charge in [0.25, 0.3) is 0 Å². The topological polar surface area (TPSA) is 60.4 Å². The van der Waals surface area contributed by atoms with Crippen LogP contribution in [0.25, 0.3) is 0 Å². The number of halogens is 1. The van der Waals surface area contributed by atoms with Gasteiger partial charge in [0.15, 0.2) is 0 Å². The van der Waals surface area contributed by atoms with E-state index in [-0.39, 0.29) is 11.6 Å². The first-order chi connectivity index (χ1) is 11.0. The summed E-state index contributed by atoms with van der Waals surface area (Å²) in [7, 11) is 0. The molecule has 23 heavy (non-hydrogen) atoms. The summed E-state index contributed by atoms with van der Waals surface area (Å²) in [6.07, 6.45) is -0.709. The number of aliphatic hydroxyl groups is 1.